The fraction of sp³-hybridized carbons (Fsp3) is 0.310. The van der Waals surface area contributed by atoms with Crippen molar-refractivity contribution in [1.29, 1.82) is 0 Å². The van der Waals surface area contributed by atoms with Crippen LogP contribution >= 0.6 is 11.3 Å². The SMILES string of the molecule is CC(C)c1ccc(C(=O)c2sc3nc(CCc4ccccc4)c4c(c3c2N)CCCC4)cc1. The van der Waals surface area contributed by atoms with E-state index in [4.69, 9.17) is 10.7 Å². The molecule has 4 heteroatoms. The molecule has 1 aliphatic rings. The van der Waals surface area contributed by atoms with Gasteiger partial charge >= 0.3 is 0 Å². The van der Waals surface area contributed by atoms with Gasteiger partial charge in [0.25, 0.3) is 0 Å². The van der Waals surface area contributed by atoms with Crippen LogP contribution in [-0.2, 0) is 25.7 Å². The lowest BCUT2D eigenvalue weighted by atomic mass is 9.87. The maximum absolute atomic E-state index is 13.4. The number of pyridine rings is 1. The lowest BCUT2D eigenvalue weighted by Gasteiger charge is -2.20. The highest BCUT2D eigenvalue weighted by atomic mass is 32.1. The molecule has 2 heterocycles. The summed E-state index contributed by atoms with van der Waals surface area (Å²) in [7, 11) is 0. The number of nitrogen functional groups attached to an aromatic ring is 1. The molecule has 0 amide bonds. The number of aromatic nitrogens is 1. The molecule has 2 aromatic carbocycles. The molecule has 0 atom stereocenters. The number of hydrogen-bond donors (Lipinski definition) is 1. The Kier molecular flexibility index (Phi) is 6.03. The summed E-state index contributed by atoms with van der Waals surface area (Å²) < 4.78 is 0. The predicted molar refractivity (Wildman–Crippen MR) is 138 cm³/mol. The second kappa shape index (κ2) is 9.11. The Morgan fingerprint density at radius 1 is 0.970 bits per heavy atom. The van der Waals surface area contributed by atoms with Gasteiger partial charge in [-0.2, -0.15) is 0 Å². The number of benzene rings is 2. The van der Waals surface area contributed by atoms with Gasteiger partial charge in [0.15, 0.2) is 0 Å². The first-order valence-electron chi connectivity index (χ1n) is 11.9. The zero-order chi connectivity index (χ0) is 22.9. The molecule has 0 radical (unpaired) electrons. The monoisotopic (exact) mass is 454 g/mol. The summed E-state index contributed by atoms with van der Waals surface area (Å²) in [5.41, 5.74) is 14.4. The Morgan fingerprint density at radius 2 is 1.67 bits per heavy atom. The van der Waals surface area contributed by atoms with E-state index in [0.717, 1.165) is 35.9 Å². The average Bonchev–Trinajstić information content (AvgIpc) is 3.19. The van der Waals surface area contributed by atoms with Crippen molar-refractivity contribution in [2.45, 2.75) is 58.3 Å². The van der Waals surface area contributed by atoms with Gasteiger partial charge in [0, 0.05) is 16.6 Å². The summed E-state index contributed by atoms with van der Waals surface area (Å²) >= 11 is 1.46. The number of anilines is 1. The molecule has 3 nitrogen and oxygen atoms in total. The Balaban J connectivity index is 1.54. The Bertz CT molecular complexity index is 1300. The largest absolute Gasteiger partial charge is 0.397 e. The zero-order valence-corrected chi connectivity index (χ0v) is 20.2. The molecule has 4 aromatic rings. The fourth-order valence-electron chi connectivity index (χ4n) is 4.92. The molecular weight excluding hydrogens is 424 g/mol. The van der Waals surface area contributed by atoms with Crippen molar-refractivity contribution in [3.63, 3.8) is 0 Å². The second-order valence-corrected chi connectivity index (χ2v) is 10.3. The van der Waals surface area contributed by atoms with Gasteiger partial charge in [-0.05, 0) is 66.7 Å². The van der Waals surface area contributed by atoms with Crippen molar-refractivity contribution >= 4 is 33.0 Å². The second-order valence-electron chi connectivity index (χ2n) is 9.34. The highest BCUT2D eigenvalue weighted by Gasteiger charge is 2.25. The van der Waals surface area contributed by atoms with Crippen LogP contribution in [0.1, 0.15) is 75.8 Å². The highest BCUT2D eigenvalue weighted by Crippen LogP contribution is 2.41. The molecule has 0 saturated carbocycles. The summed E-state index contributed by atoms with van der Waals surface area (Å²) in [6, 6.07) is 18.5. The van der Waals surface area contributed by atoms with E-state index in [9.17, 15) is 4.79 Å². The standard InChI is InChI=1S/C29H30N2OS/c1-18(2)20-13-15-21(16-14-20)27(32)28-26(30)25-23-11-7-6-10-22(23)24(31-29(25)33-28)17-12-19-8-4-3-5-9-19/h3-5,8-9,13-16,18H,6-7,10-12,17,30H2,1-2H3. The van der Waals surface area contributed by atoms with E-state index in [0.29, 0.717) is 22.0 Å². The predicted octanol–water partition coefficient (Wildman–Crippen LogP) is 6.90. The van der Waals surface area contributed by atoms with Crippen molar-refractivity contribution in [3.8, 4) is 0 Å². The quantitative estimate of drug-likeness (QED) is 0.323. The van der Waals surface area contributed by atoms with Gasteiger partial charge in [0.2, 0.25) is 5.78 Å². The normalized spacial score (nSPS) is 13.4. The van der Waals surface area contributed by atoms with E-state index in [1.165, 1.54) is 52.1 Å². The van der Waals surface area contributed by atoms with Gasteiger partial charge < -0.3 is 5.73 Å². The van der Waals surface area contributed by atoms with Crippen molar-refractivity contribution in [3.05, 3.63) is 93.0 Å². The summed E-state index contributed by atoms with van der Waals surface area (Å²) in [6.45, 7) is 4.32. The van der Waals surface area contributed by atoms with Crippen LogP contribution in [0.3, 0.4) is 0 Å². The first-order chi connectivity index (χ1) is 16.0. The number of nitrogens with two attached hydrogens (primary N) is 1. The third-order valence-electron chi connectivity index (χ3n) is 6.82. The third kappa shape index (κ3) is 4.20. The molecule has 168 valence electrons. The first kappa shape index (κ1) is 21.8. The van der Waals surface area contributed by atoms with E-state index < -0.39 is 0 Å². The maximum atomic E-state index is 13.4. The van der Waals surface area contributed by atoms with E-state index in [1.54, 1.807) is 0 Å². The number of aryl methyl sites for hydroxylation is 3. The Hall–Kier alpha value is -2.98. The first-order valence-corrected chi connectivity index (χ1v) is 12.8. The van der Waals surface area contributed by atoms with Crippen LogP contribution in [0.15, 0.2) is 54.6 Å². The van der Waals surface area contributed by atoms with Crippen LogP contribution in [0.25, 0.3) is 10.2 Å². The molecule has 0 bridgehead atoms. The van der Waals surface area contributed by atoms with Crippen LogP contribution in [0.2, 0.25) is 0 Å². The van der Waals surface area contributed by atoms with Crippen molar-refractivity contribution in [1.82, 2.24) is 4.98 Å². The molecule has 0 aliphatic heterocycles. The molecule has 0 fully saturated rings. The number of carbonyl (C=O) groups excluding carboxylic acids is 1. The smallest absolute Gasteiger partial charge is 0.205 e. The molecule has 2 aromatic heterocycles. The maximum Gasteiger partial charge on any atom is 0.205 e. The van der Waals surface area contributed by atoms with Gasteiger partial charge in [-0.25, -0.2) is 4.98 Å². The van der Waals surface area contributed by atoms with Crippen molar-refractivity contribution < 1.29 is 4.79 Å². The lowest BCUT2D eigenvalue weighted by Crippen LogP contribution is -2.10. The minimum atomic E-state index is 0.00111. The zero-order valence-electron chi connectivity index (χ0n) is 19.4. The highest BCUT2D eigenvalue weighted by molar-refractivity contribution is 7.21. The number of carbonyl (C=O) groups is 1. The van der Waals surface area contributed by atoms with Crippen LogP contribution in [0.4, 0.5) is 5.69 Å². The number of nitrogens with zero attached hydrogens (tertiary/aromatic N) is 1. The summed E-state index contributed by atoms with van der Waals surface area (Å²) in [6.07, 6.45) is 6.32. The minimum Gasteiger partial charge on any atom is -0.397 e. The van der Waals surface area contributed by atoms with E-state index in [2.05, 4.69) is 44.2 Å². The van der Waals surface area contributed by atoms with Gasteiger partial charge in [-0.15, -0.1) is 11.3 Å². The fourth-order valence-corrected chi connectivity index (χ4v) is 6.03. The van der Waals surface area contributed by atoms with Crippen molar-refractivity contribution in [2.75, 3.05) is 5.73 Å². The van der Waals surface area contributed by atoms with Crippen molar-refractivity contribution in [2.24, 2.45) is 0 Å². The topological polar surface area (TPSA) is 56.0 Å². The van der Waals surface area contributed by atoms with Gasteiger partial charge in [-0.1, -0.05) is 68.4 Å². The molecule has 0 unspecified atom stereocenters. The molecule has 0 spiro atoms. The Morgan fingerprint density at radius 3 is 2.36 bits per heavy atom. The number of rotatable bonds is 6. The van der Waals surface area contributed by atoms with Gasteiger partial charge in [0.1, 0.15) is 9.71 Å². The third-order valence-corrected chi connectivity index (χ3v) is 7.92. The lowest BCUT2D eigenvalue weighted by molar-refractivity contribution is 0.104. The Labute approximate surface area is 199 Å². The molecule has 33 heavy (non-hydrogen) atoms. The summed E-state index contributed by atoms with van der Waals surface area (Å²) in [5.74, 6) is 0.440. The van der Waals surface area contributed by atoms with Crippen LogP contribution in [-0.4, -0.2) is 10.8 Å². The molecule has 0 saturated heterocycles. The van der Waals surface area contributed by atoms with Crippen LogP contribution < -0.4 is 5.73 Å². The van der Waals surface area contributed by atoms with Crippen LogP contribution in [0, 0.1) is 0 Å². The molecular formula is C29H30N2OS. The number of thiophene rings is 1. The average molecular weight is 455 g/mol. The van der Waals surface area contributed by atoms with E-state index in [-0.39, 0.29) is 5.78 Å². The number of fused-ring (bicyclic) bond motifs is 3. The van der Waals surface area contributed by atoms with Crippen LogP contribution in [0.5, 0.6) is 0 Å². The van der Waals surface area contributed by atoms with E-state index >= 15 is 0 Å². The molecule has 1 aliphatic carbocycles. The van der Waals surface area contributed by atoms with Gasteiger partial charge in [0.05, 0.1) is 5.69 Å². The summed E-state index contributed by atoms with van der Waals surface area (Å²) in [4.78, 5) is 20.0. The van der Waals surface area contributed by atoms with Gasteiger partial charge in [-0.3, -0.25) is 4.79 Å². The van der Waals surface area contributed by atoms with E-state index in [1.807, 2.05) is 24.3 Å². The molecule has 2 N–H and O–H groups in total. The number of ketones is 1. The summed E-state index contributed by atoms with van der Waals surface area (Å²) in [5, 5.41) is 1.03. The minimum absolute atomic E-state index is 0.00111. The number of hydrogen-bond acceptors (Lipinski definition) is 4. The molecule has 5 rings (SSSR count).